The quantitative estimate of drug-likeness (QED) is 0.824. The first-order valence-electron chi connectivity index (χ1n) is 5.77. The Balaban J connectivity index is 2.11. The summed E-state index contributed by atoms with van der Waals surface area (Å²) < 4.78 is 0. The molecule has 0 spiro atoms. The second kappa shape index (κ2) is 4.37. The fourth-order valence-corrected chi connectivity index (χ4v) is 2.21. The third-order valence-electron chi connectivity index (χ3n) is 3.08. The summed E-state index contributed by atoms with van der Waals surface area (Å²) in [5.41, 5.74) is 0.982. The van der Waals surface area contributed by atoms with E-state index in [4.69, 9.17) is 5.11 Å². The summed E-state index contributed by atoms with van der Waals surface area (Å²) in [6.45, 7) is 6.61. The molecule has 1 saturated heterocycles. The summed E-state index contributed by atoms with van der Waals surface area (Å²) in [6.07, 6.45) is 5.88. The molecule has 16 heavy (non-hydrogen) atoms. The number of hydrogen-bond donors (Lipinski definition) is 1. The van der Waals surface area contributed by atoms with Crippen molar-refractivity contribution >= 4 is 5.82 Å². The Hall–Kier alpha value is -1.16. The van der Waals surface area contributed by atoms with Gasteiger partial charge in [-0.25, -0.2) is 4.98 Å². The summed E-state index contributed by atoms with van der Waals surface area (Å²) in [7, 11) is 0. The first-order valence-corrected chi connectivity index (χ1v) is 5.77. The molecule has 1 fully saturated rings. The third kappa shape index (κ3) is 2.50. The standard InChI is InChI=1S/C12H19N3O/c1-12(2)4-3-5-15(9-12)11-7-13-10(8-16)6-14-11/h6-7,16H,3-5,8-9H2,1-2H3. The number of nitrogens with zero attached hydrogens (tertiary/aromatic N) is 3. The normalized spacial score (nSPS) is 19.8. The zero-order valence-electron chi connectivity index (χ0n) is 9.98. The molecule has 0 aromatic carbocycles. The van der Waals surface area contributed by atoms with Crippen molar-refractivity contribution in [3.05, 3.63) is 18.1 Å². The van der Waals surface area contributed by atoms with Crippen molar-refractivity contribution in [2.45, 2.75) is 33.3 Å². The molecule has 1 aromatic rings. The van der Waals surface area contributed by atoms with Crippen LogP contribution in [0.4, 0.5) is 5.82 Å². The maximum absolute atomic E-state index is 8.91. The van der Waals surface area contributed by atoms with E-state index >= 15 is 0 Å². The molecule has 88 valence electrons. The predicted molar refractivity (Wildman–Crippen MR) is 63.2 cm³/mol. The molecule has 0 bridgehead atoms. The smallest absolute Gasteiger partial charge is 0.147 e. The van der Waals surface area contributed by atoms with Crippen LogP contribution in [0.25, 0.3) is 0 Å². The highest BCUT2D eigenvalue weighted by atomic mass is 16.3. The molecule has 1 aromatic heterocycles. The zero-order chi connectivity index (χ0) is 11.6. The lowest BCUT2D eigenvalue weighted by molar-refractivity contribution is 0.275. The first kappa shape index (κ1) is 11.3. The van der Waals surface area contributed by atoms with Crippen LogP contribution in [0.15, 0.2) is 12.4 Å². The van der Waals surface area contributed by atoms with E-state index in [1.165, 1.54) is 12.8 Å². The Morgan fingerprint density at radius 3 is 2.75 bits per heavy atom. The van der Waals surface area contributed by atoms with Crippen molar-refractivity contribution in [2.75, 3.05) is 18.0 Å². The van der Waals surface area contributed by atoms with Gasteiger partial charge in [0, 0.05) is 13.1 Å². The number of hydrogen-bond acceptors (Lipinski definition) is 4. The number of rotatable bonds is 2. The second-order valence-electron chi connectivity index (χ2n) is 5.21. The Morgan fingerprint density at radius 1 is 1.38 bits per heavy atom. The third-order valence-corrected chi connectivity index (χ3v) is 3.08. The highest BCUT2D eigenvalue weighted by molar-refractivity contribution is 5.36. The Morgan fingerprint density at radius 2 is 2.19 bits per heavy atom. The van der Waals surface area contributed by atoms with Crippen LogP contribution in [0.2, 0.25) is 0 Å². The lowest BCUT2D eigenvalue weighted by Gasteiger charge is -2.38. The Labute approximate surface area is 96.3 Å². The minimum Gasteiger partial charge on any atom is -0.390 e. The SMILES string of the molecule is CC1(C)CCCN(c2cnc(CO)cn2)C1. The molecule has 1 aliphatic rings. The molecule has 2 heterocycles. The van der Waals surface area contributed by atoms with Crippen LogP contribution in [-0.4, -0.2) is 28.2 Å². The lowest BCUT2D eigenvalue weighted by Crippen LogP contribution is -2.40. The monoisotopic (exact) mass is 221 g/mol. The zero-order valence-corrected chi connectivity index (χ0v) is 9.98. The molecule has 0 saturated carbocycles. The topological polar surface area (TPSA) is 49.2 Å². The van der Waals surface area contributed by atoms with E-state index in [-0.39, 0.29) is 6.61 Å². The van der Waals surface area contributed by atoms with Gasteiger partial charge >= 0.3 is 0 Å². The lowest BCUT2D eigenvalue weighted by atomic mass is 9.84. The molecule has 1 aliphatic heterocycles. The van der Waals surface area contributed by atoms with Gasteiger partial charge < -0.3 is 10.0 Å². The molecule has 0 atom stereocenters. The molecule has 4 nitrogen and oxygen atoms in total. The number of piperidine rings is 1. The van der Waals surface area contributed by atoms with Gasteiger partial charge in [-0.3, -0.25) is 4.98 Å². The molecule has 0 radical (unpaired) electrons. The molecule has 2 rings (SSSR count). The second-order valence-corrected chi connectivity index (χ2v) is 5.21. The summed E-state index contributed by atoms with van der Waals surface area (Å²) in [5.74, 6) is 0.921. The Kier molecular flexibility index (Phi) is 3.10. The van der Waals surface area contributed by atoms with Crippen LogP contribution in [-0.2, 0) is 6.61 Å². The van der Waals surface area contributed by atoms with Gasteiger partial charge in [0.25, 0.3) is 0 Å². The largest absolute Gasteiger partial charge is 0.390 e. The molecule has 0 amide bonds. The average Bonchev–Trinajstić information content (AvgIpc) is 2.28. The predicted octanol–water partition coefficient (Wildman–Crippen LogP) is 1.60. The molecule has 4 heteroatoms. The van der Waals surface area contributed by atoms with E-state index < -0.39 is 0 Å². The van der Waals surface area contributed by atoms with Crippen LogP contribution in [0.1, 0.15) is 32.4 Å². The highest BCUT2D eigenvalue weighted by Gasteiger charge is 2.26. The van der Waals surface area contributed by atoms with Crippen molar-refractivity contribution in [3.8, 4) is 0 Å². The van der Waals surface area contributed by atoms with E-state index in [0.29, 0.717) is 11.1 Å². The van der Waals surface area contributed by atoms with Crippen molar-refractivity contribution in [2.24, 2.45) is 5.41 Å². The molecular formula is C12H19N3O. The van der Waals surface area contributed by atoms with Crippen LogP contribution in [0, 0.1) is 5.41 Å². The van der Waals surface area contributed by atoms with Crippen molar-refractivity contribution in [1.29, 1.82) is 0 Å². The maximum atomic E-state index is 8.91. The number of anilines is 1. The highest BCUT2D eigenvalue weighted by Crippen LogP contribution is 2.30. The summed E-state index contributed by atoms with van der Waals surface area (Å²) >= 11 is 0. The van der Waals surface area contributed by atoms with Gasteiger partial charge in [-0.15, -0.1) is 0 Å². The van der Waals surface area contributed by atoms with E-state index in [2.05, 4.69) is 28.7 Å². The van der Waals surface area contributed by atoms with Crippen LogP contribution in [0.3, 0.4) is 0 Å². The molecule has 1 N–H and O–H groups in total. The average molecular weight is 221 g/mol. The number of aliphatic hydroxyl groups is 1. The number of aromatic nitrogens is 2. The van der Waals surface area contributed by atoms with E-state index in [1.807, 2.05) is 0 Å². The van der Waals surface area contributed by atoms with Gasteiger partial charge in [-0.2, -0.15) is 0 Å². The van der Waals surface area contributed by atoms with Crippen LogP contribution in [0.5, 0.6) is 0 Å². The van der Waals surface area contributed by atoms with Crippen molar-refractivity contribution < 1.29 is 5.11 Å². The van der Waals surface area contributed by atoms with Gasteiger partial charge in [0.15, 0.2) is 0 Å². The van der Waals surface area contributed by atoms with Crippen molar-refractivity contribution in [3.63, 3.8) is 0 Å². The van der Waals surface area contributed by atoms with Crippen molar-refractivity contribution in [1.82, 2.24) is 9.97 Å². The van der Waals surface area contributed by atoms with Gasteiger partial charge in [0.2, 0.25) is 0 Å². The van der Waals surface area contributed by atoms with Gasteiger partial charge in [-0.05, 0) is 18.3 Å². The fourth-order valence-electron chi connectivity index (χ4n) is 2.21. The maximum Gasteiger partial charge on any atom is 0.147 e. The first-order chi connectivity index (χ1) is 7.61. The van der Waals surface area contributed by atoms with Crippen LogP contribution < -0.4 is 4.90 Å². The summed E-state index contributed by atoms with van der Waals surface area (Å²) in [6, 6.07) is 0. The van der Waals surface area contributed by atoms with Gasteiger partial charge in [0.1, 0.15) is 5.82 Å². The minimum atomic E-state index is -0.0429. The van der Waals surface area contributed by atoms with E-state index in [0.717, 1.165) is 18.9 Å². The van der Waals surface area contributed by atoms with Gasteiger partial charge in [-0.1, -0.05) is 13.8 Å². The fraction of sp³-hybridized carbons (Fsp3) is 0.667. The molecular weight excluding hydrogens is 202 g/mol. The Bertz CT molecular complexity index is 348. The van der Waals surface area contributed by atoms with Crippen LogP contribution >= 0.6 is 0 Å². The summed E-state index contributed by atoms with van der Waals surface area (Å²) in [4.78, 5) is 10.8. The minimum absolute atomic E-state index is 0.0429. The van der Waals surface area contributed by atoms with Gasteiger partial charge in [0.05, 0.1) is 24.7 Å². The van der Waals surface area contributed by atoms with E-state index in [1.54, 1.807) is 12.4 Å². The van der Waals surface area contributed by atoms with E-state index in [9.17, 15) is 0 Å². The summed E-state index contributed by atoms with van der Waals surface area (Å²) in [5, 5.41) is 8.91. The molecule has 0 unspecified atom stereocenters. The molecule has 0 aliphatic carbocycles. The number of aliphatic hydroxyl groups excluding tert-OH is 1.